The highest BCUT2D eigenvalue weighted by Gasteiger charge is 2.39. The molecule has 19 heavy (non-hydrogen) atoms. The van der Waals surface area contributed by atoms with Gasteiger partial charge in [-0.1, -0.05) is 17.7 Å². The minimum Gasteiger partial charge on any atom is -0.295 e. The summed E-state index contributed by atoms with van der Waals surface area (Å²) in [5.74, 6) is 0.208. The number of carbonyl (C=O) groups is 1. The Balaban J connectivity index is 1.89. The van der Waals surface area contributed by atoms with Crippen LogP contribution in [0.2, 0.25) is 0 Å². The zero-order valence-electron chi connectivity index (χ0n) is 10.7. The van der Waals surface area contributed by atoms with Crippen LogP contribution >= 0.6 is 0 Å². The molecule has 1 heterocycles. The number of rotatable bonds is 2. The molecule has 0 aromatic heterocycles. The van der Waals surface area contributed by atoms with E-state index in [9.17, 15) is 13.2 Å². The van der Waals surface area contributed by atoms with Crippen molar-refractivity contribution in [2.24, 2.45) is 5.92 Å². The Bertz CT molecular complexity index is 658. The predicted molar refractivity (Wildman–Crippen MR) is 71.1 cm³/mol. The normalized spacial score (nSPS) is 23.5. The molecule has 1 atom stereocenters. The van der Waals surface area contributed by atoms with E-state index in [0.717, 1.165) is 11.1 Å². The minimum atomic E-state index is -3.43. The Hall–Kier alpha value is -1.46. The van der Waals surface area contributed by atoms with Crippen molar-refractivity contribution in [2.45, 2.75) is 18.2 Å². The van der Waals surface area contributed by atoms with Gasteiger partial charge in [0.1, 0.15) is 0 Å². The van der Waals surface area contributed by atoms with E-state index in [-0.39, 0.29) is 11.7 Å². The van der Waals surface area contributed by atoms with Crippen molar-refractivity contribution in [1.29, 1.82) is 0 Å². The van der Waals surface area contributed by atoms with Crippen LogP contribution in [-0.4, -0.2) is 31.6 Å². The lowest BCUT2D eigenvalue weighted by atomic mass is 10.1. The Kier molecular flexibility index (Phi) is 2.83. The number of fused-ring (bicyclic) bond motifs is 1. The van der Waals surface area contributed by atoms with Crippen molar-refractivity contribution >= 4 is 15.8 Å². The van der Waals surface area contributed by atoms with Gasteiger partial charge in [-0.05, 0) is 30.7 Å². The van der Waals surface area contributed by atoms with Gasteiger partial charge in [0.25, 0.3) is 0 Å². The summed E-state index contributed by atoms with van der Waals surface area (Å²) in [7, 11) is -3.43. The van der Waals surface area contributed by atoms with Gasteiger partial charge in [-0.3, -0.25) is 4.79 Å². The second-order valence-electron chi connectivity index (χ2n) is 5.20. The first-order valence-corrected chi connectivity index (χ1v) is 7.71. The molecule has 1 unspecified atom stereocenters. The molecule has 0 N–H and O–H groups in total. The molecule has 0 saturated carbocycles. The van der Waals surface area contributed by atoms with Gasteiger partial charge >= 0.3 is 0 Å². The lowest BCUT2D eigenvalue weighted by Crippen LogP contribution is -2.29. The zero-order chi connectivity index (χ0) is 13.6. The molecule has 0 spiro atoms. The molecule has 1 aliphatic heterocycles. The molecular formula is C14H15NO3S. The van der Waals surface area contributed by atoms with E-state index in [4.69, 9.17) is 0 Å². The largest absolute Gasteiger partial charge is 0.295 e. The molecule has 0 amide bonds. The molecule has 1 fully saturated rings. The third kappa shape index (κ3) is 2.13. The standard InChI is InChI=1S/C14H15NO3S/c1-10-2-4-14(5-3-10)19(17,18)15-8-11-6-13(16)7-12(11)9-15/h2-6,12H,7-9H2,1H3. The average molecular weight is 277 g/mol. The SMILES string of the molecule is Cc1ccc(S(=O)(=O)N2CC3=CC(=O)CC3C2)cc1. The van der Waals surface area contributed by atoms with Crippen LogP contribution in [0.25, 0.3) is 0 Å². The summed E-state index contributed by atoms with van der Waals surface area (Å²) in [5, 5.41) is 0. The van der Waals surface area contributed by atoms with E-state index in [0.29, 0.717) is 24.4 Å². The quantitative estimate of drug-likeness (QED) is 0.823. The van der Waals surface area contributed by atoms with E-state index in [2.05, 4.69) is 0 Å². The topological polar surface area (TPSA) is 54.5 Å². The van der Waals surface area contributed by atoms with Gasteiger partial charge < -0.3 is 0 Å². The lowest BCUT2D eigenvalue weighted by Gasteiger charge is -2.16. The fourth-order valence-corrected chi connectivity index (χ4v) is 4.14. The van der Waals surface area contributed by atoms with Crippen LogP contribution in [0.3, 0.4) is 0 Å². The average Bonchev–Trinajstić information content (AvgIpc) is 2.87. The van der Waals surface area contributed by atoms with Crippen LogP contribution in [0.5, 0.6) is 0 Å². The molecule has 0 bridgehead atoms. The van der Waals surface area contributed by atoms with Crippen molar-refractivity contribution in [1.82, 2.24) is 4.31 Å². The molecule has 1 saturated heterocycles. The van der Waals surface area contributed by atoms with Crippen LogP contribution in [0.15, 0.2) is 40.8 Å². The number of hydrogen-bond donors (Lipinski definition) is 0. The monoisotopic (exact) mass is 277 g/mol. The zero-order valence-corrected chi connectivity index (χ0v) is 11.5. The fourth-order valence-electron chi connectivity index (χ4n) is 2.67. The summed E-state index contributed by atoms with van der Waals surface area (Å²) in [4.78, 5) is 11.6. The Morgan fingerprint density at radius 2 is 1.89 bits per heavy atom. The number of nitrogens with zero attached hydrogens (tertiary/aromatic N) is 1. The highest BCUT2D eigenvalue weighted by Crippen LogP contribution is 2.34. The molecule has 3 rings (SSSR count). The van der Waals surface area contributed by atoms with E-state index in [1.165, 1.54) is 4.31 Å². The van der Waals surface area contributed by atoms with Crippen LogP contribution in [-0.2, 0) is 14.8 Å². The summed E-state index contributed by atoms with van der Waals surface area (Å²) in [6, 6.07) is 6.87. The first kappa shape index (κ1) is 12.6. The summed E-state index contributed by atoms with van der Waals surface area (Å²) in [6.45, 7) is 2.70. The van der Waals surface area contributed by atoms with Crippen molar-refractivity contribution in [2.75, 3.05) is 13.1 Å². The molecule has 5 heteroatoms. The summed E-state index contributed by atoms with van der Waals surface area (Å²) < 4.78 is 26.4. The predicted octanol–water partition coefficient (Wildman–Crippen LogP) is 1.51. The summed E-state index contributed by atoms with van der Waals surface area (Å²) in [6.07, 6.45) is 2.06. The van der Waals surface area contributed by atoms with Crippen molar-refractivity contribution in [3.63, 3.8) is 0 Å². The molecule has 2 aliphatic rings. The number of hydrogen-bond acceptors (Lipinski definition) is 3. The third-order valence-corrected chi connectivity index (χ3v) is 5.59. The Labute approximate surface area is 112 Å². The molecule has 0 radical (unpaired) electrons. The van der Waals surface area contributed by atoms with E-state index in [1.807, 2.05) is 6.92 Å². The summed E-state index contributed by atoms with van der Waals surface area (Å²) >= 11 is 0. The Morgan fingerprint density at radius 3 is 2.53 bits per heavy atom. The maximum absolute atomic E-state index is 12.5. The van der Waals surface area contributed by atoms with Gasteiger partial charge in [-0.15, -0.1) is 0 Å². The van der Waals surface area contributed by atoms with Crippen molar-refractivity contribution in [3.8, 4) is 0 Å². The maximum Gasteiger partial charge on any atom is 0.243 e. The first-order valence-electron chi connectivity index (χ1n) is 6.27. The number of carbonyl (C=O) groups excluding carboxylic acids is 1. The Morgan fingerprint density at radius 1 is 1.21 bits per heavy atom. The molecular weight excluding hydrogens is 262 g/mol. The van der Waals surface area contributed by atoms with Gasteiger partial charge in [0.2, 0.25) is 10.0 Å². The first-order chi connectivity index (χ1) is 8.96. The highest BCUT2D eigenvalue weighted by atomic mass is 32.2. The van der Waals surface area contributed by atoms with E-state index in [1.54, 1.807) is 30.3 Å². The number of ketones is 1. The number of allylic oxidation sites excluding steroid dienone is 1. The van der Waals surface area contributed by atoms with Crippen LogP contribution in [0.4, 0.5) is 0 Å². The smallest absolute Gasteiger partial charge is 0.243 e. The summed E-state index contributed by atoms with van der Waals surface area (Å²) in [5.41, 5.74) is 1.99. The molecule has 100 valence electrons. The van der Waals surface area contributed by atoms with E-state index >= 15 is 0 Å². The van der Waals surface area contributed by atoms with Crippen molar-refractivity contribution < 1.29 is 13.2 Å². The third-order valence-electron chi connectivity index (χ3n) is 3.76. The second kappa shape index (κ2) is 4.28. The number of benzene rings is 1. The van der Waals surface area contributed by atoms with Gasteiger partial charge in [0, 0.05) is 25.4 Å². The lowest BCUT2D eigenvalue weighted by molar-refractivity contribution is -0.114. The van der Waals surface area contributed by atoms with Crippen molar-refractivity contribution in [3.05, 3.63) is 41.5 Å². The van der Waals surface area contributed by atoms with Gasteiger partial charge in [-0.25, -0.2) is 8.42 Å². The van der Waals surface area contributed by atoms with Gasteiger partial charge in [0.05, 0.1) is 4.90 Å². The molecule has 4 nitrogen and oxygen atoms in total. The van der Waals surface area contributed by atoms with Gasteiger partial charge in [0.15, 0.2) is 5.78 Å². The number of sulfonamides is 1. The van der Waals surface area contributed by atoms with Crippen LogP contribution < -0.4 is 0 Å². The molecule has 1 aliphatic carbocycles. The highest BCUT2D eigenvalue weighted by molar-refractivity contribution is 7.89. The van der Waals surface area contributed by atoms with Gasteiger partial charge in [-0.2, -0.15) is 4.31 Å². The fraction of sp³-hybridized carbons (Fsp3) is 0.357. The number of aryl methyl sites for hydroxylation is 1. The minimum absolute atomic E-state index is 0.0905. The molecule has 1 aromatic rings. The van der Waals surface area contributed by atoms with Crippen LogP contribution in [0, 0.1) is 12.8 Å². The maximum atomic E-state index is 12.5. The second-order valence-corrected chi connectivity index (χ2v) is 7.14. The molecule has 1 aromatic carbocycles. The van der Waals surface area contributed by atoms with E-state index < -0.39 is 10.0 Å². The van der Waals surface area contributed by atoms with Crippen LogP contribution in [0.1, 0.15) is 12.0 Å².